The molecule has 19 heavy (non-hydrogen) atoms. The Morgan fingerprint density at radius 3 is 2.00 bits per heavy atom. The van der Waals surface area contributed by atoms with Gasteiger partial charge in [-0.25, -0.2) is 0 Å². The lowest BCUT2D eigenvalue weighted by molar-refractivity contribution is -0.182. The molecule has 2 aliphatic rings. The molecule has 4 heteroatoms. The number of hydrogen-bond acceptors (Lipinski definition) is 1. The van der Waals surface area contributed by atoms with E-state index in [2.05, 4.69) is 12.2 Å². The molecule has 112 valence electrons. The molecule has 1 nitrogen and oxygen atoms in total. The van der Waals surface area contributed by atoms with Gasteiger partial charge < -0.3 is 5.32 Å². The van der Waals surface area contributed by atoms with Gasteiger partial charge in [0.25, 0.3) is 0 Å². The summed E-state index contributed by atoms with van der Waals surface area (Å²) in [6.45, 7) is 2.30. The molecule has 2 aliphatic carbocycles. The molecule has 0 spiro atoms. The van der Waals surface area contributed by atoms with E-state index in [1.165, 1.54) is 32.1 Å². The molecule has 0 aromatic rings. The Morgan fingerprint density at radius 1 is 0.789 bits per heavy atom. The molecule has 0 aliphatic heterocycles. The molecule has 2 rings (SSSR count). The average molecular weight is 277 g/mol. The van der Waals surface area contributed by atoms with Crippen molar-refractivity contribution >= 4 is 0 Å². The summed E-state index contributed by atoms with van der Waals surface area (Å²) in [6, 6.07) is 0.856. The number of hydrogen-bond donors (Lipinski definition) is 1. The van der Waals surface area contributed by atoms with Crippen molar-refractivity contribution in [3.05, 3.63) is 0 Å². The summed E-state index contributed by atoms with van der Waals surface area (Å²) in [4.78, 5) is 0. The predicted octanol–water partition coefficient (Wildman–Crippen LogP) is 4.67. The molecule has 0 radical (unpaired) electrons. The second kappa shape index (κ2) is 6.47. The smallest absolute Gasteiger partial charge is 0.311 e. The summed E-state index contributed by atoms with van der Waals surface area (Å²) in [5, 5.41) is 3.62. The maximum atomic E-state index is 12.6. The van der Waals surface area contributed by atoms with Gasteiger partial charge in [-0.3, -0.25) is 0 Å². The van der Waals surface area contributed by atoms with Crippen LogP contribution in [-0.2, 0) is 0 Å². The first-order chi connectivity index (χ1) is 8.95. The van der Waals surface area contributed by atoms with Gasteiger partial charge in [0.15, 0.2) is 0 Å². The lowest BCUT2D eigenvalue weighted by Gasteiger charge is -2.32. The maximum Gasteiger partial charge on any atom is 0.391 e. The molecule has 0 aromatic heterocycles. The van der Waals surface area contributed by atoms with Crippen LogP contribution < -0.4 is 5.32 Å². The summed E-state index contributed by atoms with van der Waals surface area (Å²) in [5.74, 6) is -0.243. The molecule has 2 unspecified atom stereocenters. The van der Waals surface area contributed by atoms with E-state index in [-0.39, 0.29) is 0 Å². The fourth-order valence-electron chi connectivity index (χ4n) is 3.57. The minimum absolute atomic E-state index is 0.310. The van der Waals surface area contributed by atoms with E-state index in [1.54, 1.807) is 0 Å². The Kier molecular flexibility index (Phi) is 5.15. The quantitative estimate of drug-likeness (QED) is 0.723. The molecule has 0 aromatic carbocycles. The van der Waals surface area contributed by atoms with Crippen LogP contribution in [0.25, 0.3) is 0 Å². The molecule has 2 fully saturated rings. The van der Waals surface area contributed by atoms with E-state index < -0.39 is 12.1 Å². The van der Waals surface area contributed by atoms with Crippen LogP contribution in [0.5, 0.6) is 0 Å². The van der Waals surface area contributed by atoms with Gasteiger partial charge in [0, 0.05) is 12.1 Å². The van der Waals surface area contributed by atoms with Crippen LogP contribution in [-0.4, -0.2) is 18.3 Å². The third kappa shape index (κ3) is 4.66. The first-order valence-electron chi connectivity index (χ1n) is 7.78. The lowest BCUT2D eigenvalue weighted by Crippen LogP contribution is -2.42. The second-order valence-corrected chi connectivity index (χ2v) is 6.57. The van der Waals surface area contributed by atoms with Gasteiger partial charge in [0.05, 0.1) is 5.92 Å². The predicted molar refractivity (Wildman–Crippen MR) is 71.0 cm³/mol. The van der Waals surface area contributed by atoms with Crippen molar-refractivity contribution in [3.8, 4) is 0 Å². The zero-order valence-electron chi connectivity index (χ0n) is 11.8. The third-order valence-electron chi connectivity index (χ3n) is 4.92. The Morgan fingerprint density at radius 2 is 1.37 bits per heavy atom. The standard InChI is InChI=1S/C15H26F3N/c1-11-3-2-4-13(8-5-11)19-14-9-6-12(7-10-14)15(16,17)18/h11-14,19H,2-10H2,1H3. The van der Waals surface area contributed by atoms with Crippen molar-refractivity contribution in [2.24, 2.45) is 11.8 Å². The normalized spacial score (nSPS) is 37.9. The van der Waals surface area contributed by atoms with Gasteiger partial charge in [-0.2, -0.15) is 13.2 Å². The largest absolute Gasteiger partial charge is 0.391 e. The number of rotatable bonds is 2. The fraction of sp³-hybridized carbons (Fsp3) is 1.00. The SMILES string of the molecule is CC1CCCC(NC2CCC(C(F)(F)F)CC2)CC1. The van der Waals surface area contributed by atoms with E-state index in [1.807, 2.05) is 0 Å². The molecule has 1 N–H and O–H groups in total. The topological polar surface area (TPSA) is 12.0 Å². The summed E-state index contributed by atoms with van der Waals surface area (Å²) < 4.78 is 37.8. The highest BCUT2D eigenvalue weighted by atomic mass is 19.4. The molecule has 2 atom stereocenters. The second-order valence-electron chi connectivity index (χ2n) is 6.57. The molecule has 0 heterocycles. The van der Waals surface area contributed by atoms with E-state index in [0.717, 1.165) is 5.92 Å². The van der Waals surface area contributed by atoms with Crippen molar-refractivity contribution in [2.75, 3.05) is 0 Å². The molecule has 2 saturated carbocycles. The molecule has 0 bridgehead atoms. The summed E-state index contributed by atoms with van der Waals surface area (Å²) in [7, 11) is 0. The molecular formula is C15H26F3N. The third-order valence-corrected chi connectivity index (χ3v) is 4.92. The zero-order chi connectivity index (χ0) is 13.9. The minimum Gasteiger partial charge on any atom is -0.311 e. The van der Waals surface area contributed by atoms with E-state index in [4.69, 9.17) is 0 Å². The van der Waals surface area contributed by atoms with Crippen LogP contribution in [0, 0.1) is 11.8 Å². The van der Waals surface area contributed by atoms with Crippen molar-refractivity contribution in [1.29, 1.82) is 0 Å². The van der Waals surface area contributed by atoms with E-state index in [9.17, 15) is 13.2 Å². The molecule has 0 saturated heterocycles. The summed E-state index contributed by atoms with van der Waals surface area (Å²) >= 11 is 0. The Bertz CT molecular complexity index is 269. The van der Waals surface area contributed by atoms with Crippen molar-refractivity contribution in [3.63, 3.8) is 0 Å². The first-order valence-corrected chi connectivity index (χ1v) is 7.78. The highest BCUT2D eigenvalue weighted by Gasteiger charge is 2.41. The van der Waals surface area contributed by atoms with E-state index in [0.29, 0.717) is 37.8 Å². The Balaban J connectivity index is 1.73. The first kappa shape index (κ1) is 15.1. The van der Waals surface area contributed by atoms with Gasteiger partial charge in [-0.15, -0.1) is 0 Å². The van der Waals surface area contributed by atoms with Crippen LogP contribution >= 0.6 is 0 Å². The zero-order valence-corrected chi connectivity index (χ0v) is 11.8. The van der Waals surface area contributed by atoms with Crippen LogP contribution in [0.15, 0.2) is 0 Å². The number of nitrogens with one attached hydrogen (secondary N) is 1. The fourth-order valence-corrected chi connectivity index (χ4v) is 3.57. The molecule has 0 amide bonds. The van der Waals surface area contributed by atoms with E-state index >= 15 is 0 Å². The minimum atomic E-state index is -3.98. The molecular weight excluding hydrogens is 251 g/mol. The van der Waals surface area contributed by atoms with Gasteiger partial charge in [-0.05, 0) is 50.9 Å². The van der Waals surface area contributed by atoms with Crippen molar-refractivity contribution in [2.45, 2.75) is 83.0 Å². The van der Waals surface area contributed by atoms with Gasteiger partial charge >= 0.3 is 6.18 Å². The highest BCUT2D eigenvalue weighted by Crippen LogP contribution is 2.37. The Hall–Kier alpha value is -0.250. The number of halogens is 3. The number of alkyl halides is 3. The van der Waals surface area contributed by atoms with Gasteiger partial charge in [0.2, 0.25) is 0 Å². The summed E-state index contributed by atoms with van der Waals surface area (Å²) in [5.41, 5.74) is 0. The average Bonchev–Trinajstić information content (AvgIpc) is 2.54. The van der Waals surface area contributed by atoms with Crippen LogP contribution in [0.4, 0.5) is 13.2 Å². The van der Waals surface area contributed by atoms with Crippen molar-refractivity contribution in [1.82, 2.24) is 5.32 Å². The summed E-state index contributed by atoms with van der Waals surface area (Å²) in [6.07, 6.45) is 4.24. The van der Waals surface area contributed by atoms with Gasteiger partial charge in [0.1, 0.15) is 0 Å². The monoisotopic (exact) mass is 277 g/mol. The lowest BCUT2D eigenvalue weighted by atomic mass is 9.85. The highest BCUT2D eigenvalue weighted by molar-refractivity contribution is 4.84. The Labute approximate surface area is 114 Å². The van der Waals surface area contributed by atoms with Crippen LogP contribution in [0.1, 0.15) is 64.7 Å². The van der Waals surface area contributed by atoms with Crippen molar-refractivity contribution < 1.29 is 13.2 Å². The van der Waals surface area contributed by atoms with Crippen LogP contribution in [0.2, 0.25) is 0 Å². The van der Waals surface area contributed by atoms with Gasteiger partial charge in [-0.1, -0.05) is 19.8 Å². The van der Waals surface area contributed by atoms with Crippen LogP contribution in [0.3, 0.4) is 0 Å². The maximum absolute atomic E-state index is 12.6.